The van der Waals surface area contributed by atoms with Crippen LogP contribution in [0.1, 0.15) is 17.5 Å². The van der Waals surface area contributed by atoms with E-state index in [-0.39, 0.29) is 6.42 Å². The molecule has 8 nitrogen and oxygen atoms in total. The fourth-order valence-electron chi connectivity index (χ4n) is 3.66. The van der Waals surface area contributed by atoms with Crippen LogP contribution in [0.4, 0.5) is 5.69 Å². The highest BCUT2D eigenvalue weighted by atomic mass is 16.5. The van der Waals surface area contributed by atoms with Gasteiger partial charge in [0.25, 0.3) is 11.8 Å². The number of benzene rings is 2. The maximum Gasteiger partial charge on any atom is 0.328 e. The molecule has 2 amide bonds. The lowest BCUT2D eigenvalue weighted by atomic mass is 9.85. The molecule has 0 fully saturated rings. The Kier molecular flexibility index (Phi) is 4.38. The highest BCUT2D eigenvalue weighted by molar-refractivity contribution is 6.15. The van der Waals surface area contributed by atoms with Gasteiger partial charge in [0.1, 0.15) is 5.75 Å². The zero-order chi connectivity index (χ0) is 20.6. The summed E-state index contributed by atoms with van der Waals surface area (Å²) in [6.45, 7) is 0. The zero-order valence-electron chi connectivity index (χ0n) is 15.5. The minimum Gasteiger partial charge on any atom is -0.497 e. The lowest BCUT2D eigenvalue weighted by Gasteiger charge is -2.29. The monoisotopic (exact) mass is 391 g/mol. The number of hydrazone groups is 1. The highest BCUT2D eigenvalue weighted by Crippen LogP contribution is 2.47. The molecule has 4 rings (SSSR count). The van der Waals surface area contributed by atoms with Gasteiger partial charge in [0, 0.05) is 35.4 Å². The number of carboxylic acids is 1. The van der Waals surface area contributed by atoms with E-state index in [0.29, 0.717) is 28.3 Å². The number of rotatable bonds is 4. The average Bonchev–Trinajstić information content (AvgIpc) is 3.26. The summed E-state index contributed by atoms with van der Waals surface area (Å²) in [6, 6.07) is 14.2. The molecule has 0 radical (unpaired) electrons. The second-order valence-corrected chi connectivity index (χ2v) is 6.64. The third-order valence-corrected chi connectivity index (χ3v) is 4.98. The number of para-hydroxylation sites is 1. The van der Waals surface area contributed by atoms with Crippen molar-refractivity contribution in [3.05, 3.63) is 71.8 Å². The van der Waals surface area contributed by atoms with Crippen LogP contribution in [0.2, 0.25) is 0 Å². The molecule has 1 atom stereocenters. The van der Waals surface area contributed by atoms with Crippen molar-refractivity contribution < 1.29 is 24.2 Å². The maximum absolute atomic E-state index is 13.1. The number of methoxy groups -OCH3 is 1. The molecule has 0 aliphatic carbocycles. The van der Waals surface area contributed by atoms with Crippen molar-refractivity contribution >= 4 is 29.2 Å². The molecular weight excluding hydrogens is 374 g/mol. The number of carbonyl (C=O) groups is 3. The van der Waals surface area contributed by atoms with Crippen LogP contribution in [0.3, 0.4) is 0 Å². The third-order valence-electron chi connectivity index (χ3n) is 4.98. The highest BCUT2D eigenvalue weighted by Gasteiger charge is 2.57. The Morgan fingerprint density at radius 2 is 2.00 bits per heavy atom. The quantitative estimate of drug-likeness (QED) is 0.776. The SMILES string of the molecule is COc1cccc(C2=NN(C(=O)/C=C/C(=O)O)C3(C2)C(=O)Nc2ccccc23)c1. The van der Waals surface area contributed by atoms with Crippen molar-refractivity contribution in [1.82, 2.24) is 5.01 Å². The standard InChI is InChI=1S/C21H17N3O5/c1-29-14-6-4-5-13(11-14)17-12-21(24(23-17)18(25)9-10-19(26)27)15-7-2-3-8-16(15)22-20(21)28/h2-11H,12H2,1H3,(H,22,28)(H,26,27)/b10-9+. The summed E-state index contributed by atoms with van der Waals surface area (Å²) < 4.78 is 5.26. The van der Waals surface area contributed by atoms with Crippen LogP contribution >= 0.6 is 0 Å². The lowest BCUT2D eigenvalue weighted by molar-refractivity contribution is -0.140. The summed E-state index contributed by atoms with van der Waals surface area (Å²) in [5, 5.41) is 17.2. The number of nitrogens with zero attached hydrogens (tertiary/aromatic N) is 2. The molecule has 0 bridgehead atoms. The second kappa shape index (κ2) is 6.90. The van der Waals surface area contributed by atoms with Gasteiger partial charge in [-0.25, -0.2) is 9.80 Å². The van der Waals surface area contributed by atoms with E-state index in [1.54, 1.807) is 49.6 Å². The minimum absolute atomic E-state index is 0.148. The van der Waals surface area contributed by atoms with Crippen molar-refractivity contribution in [3.63, 3.8) is 0 Å². The average molecular weight is 391 g/mol. The number of ether oxygens (including phenoxy) is 1. The molecule has 0 saturated heterocycles. The first-order chi connectivity index (χ1) is 14.0. The number of nitrogens with one attached hydrogen (secondary N) is 1. The molecule has 29 heavy (non-hydrogen) atoms. The molecule has 0 saturated carbocycles. The number of anilines is 1. The molecule has 2 aromatic rings. The Morgan fingerprint density at radius 3 is 2.76 bits per heavy atom. The number of fused-ring (bicyclic) bond motifs is 2. The minimum atomic E-state index is -1.38. The van der Waals surface area contributed by atoms with Crippen LogP contribution in [0.5, 0.6) is 5.75 Å². The molecule has 0 aromatic heterocycles. The van der Waals surface area contributed by atoms with Crippen molar-refractivity contribution in [1.29, 1.82) is 0 Å². The van der Waals surface area contributed by atoms with Gasteiger partial charge >= 0.3 is 5.97 Å². The lowest BCUT2D eigenvalue weighted by Crippen LogP contribution is -2.48. The van der Waals surface area contributed by atoms with Crippen LogP contribution in [-0.2, 0) is 19.9 Å². The summed E-state index contributed by atoms with van der Waals surface area (Å²) in [6.07, 6.45) is 1.78. The Bertz CT molecular complexity index is 1090. The van der Waals surface area contributed by atoms with E-state index in [2.05, 4.69) is 10.4 Å². The molecule has 2 aliphatic rings. The summed E-state index contributed by atoms with van der Waals surface area (Å²) in [4.78, 5) is 36.8. The predicted octanol–water partition coefficient (Wildman–Crippen LogP) is 2.12. The molecule has 146 valence electrons. The van der Waals surface area contributed by atoms with Crippen LogP contribution < -0.4 is 10.1 Å². The van der Waals surface area contributed by atoms with Gasteiger partial charge in [0.2, 0.25) is 0 Å². The summed E-state index contributed by atoms with van der Waals surface area (Å²) in [5.74, 6) is -1.74. The number of hydrogen-bond donors (Lipinski definition) is 2. The number of amides is 2. The van der Waals surface area contributed by atoms with Gasteiger partial charge in [-0.1, -0.05) is 30.3 Å². The smallest absolute Gasteiger partial charge is 0.328 e. The molecule has 1 spiro atoms. The number of carbonyl (C=O) groups excluding carboxylic acids is 2. The van der Waals surface area contributed by atoms with Crippen LogP contribution in [0, 0.1) is 0 Å². The van der Waals surface area contributed by atoms with E-state index in [1.807, 2.05) is 6.07 Å². The van der Waals surface area contributed by atoms with Gasteiger partial charge in [-0.15, -0.1) is 0 Å². The van der Waals surface area contributed by atoms with Crippen LogP contribution in [0.25, 0.3) is 0 Å². The molecular formula is C21H17N3O5. The summed E-state index contributed by atoms with van der Waals surface area (Å²) >= 11 is 0. The maximum atomic E-state index is 13.1. The van der Waals surface area contributed by atoms with E-state index in [9.17, 15) is 14.4 Å². The summed E-state index contributed by atoms with van der Waals surface area (Å²) in [7, 11) is 1.55. The Morgan fingerprint density at radius 1 is 1.21 bits per heavy atom. The van der Waals surface area contributed by atoms with E-state index in [1.165, 1.54) is 0 Å². The van der Waals surface area contributed by atoms with Crippen molar-refractivity contribution in [2.24, 2.45) is 5.10 Å². The molecule has 2 aliphatic heterocycles. The van der Waals surface area contributed by atoms with E-state index >= 15 is 0 Å². The topological polar surface area (TPSA) is 108 Å². The van der Waals surface area contributed by atoms with Gasteiger partial charge < -0.3 is 15.2 Å². The Labute approximate surface area is 166 Å². The van der Waals surface area contributed by atoms with Crippen LogP contribution in [-0.4, -0.2) is 40.7 Å². The summed E-state index contributed by atoms with van der Waals surface area (Å²) in [5.41, 5.74) is 1.06. The molecule has 2 heterocycles. The molecule has 2 N–H and O–H groups in total. The molecule has 2 aromatic carbocycles. The second-order valence-electron chi connectivity index (χ2n) is 6.64. The van der Waals surface area contributed by atoms with Crippen molar-refractivity contribution in [2.75, 3.05) is 12.4 Å². The van der Waals surface area contributed by atoms with E-state index in [4.69, 9.17) is 9.84 Å². The van der Waals surface area contributed by atoms with Gasteiger partial charge in [-0.05, 0) is 18.2 Å². The first kappa shape index (κ1) is 18.4. The predicted molar refractivity (Wildman–Crippen MR) is 105 cm³/mol. The van der Waals surface area contributed by atoms with Gasteiger partial charge in [0.15, 0.2) is 5.54 Å². The fourth-order valence-corrected chi connectivity index (χ4v) is 3.66. The van der Waals surface area contributed by atoms with E-state index in [0.717, 1.165) is 17.2 Å². The Balaban J connectivity index is 1.84. The van der Waals surface area contributed by atoms with Gasteiger partial charge in [-0.3, -0.25) is 9.59 Å². The van der Waals surface area contributed by atoms with Gasteiger partial charge in [-0.2, -0.15) is 5.10 Å². The first-order valence-corrected chi connectivity index (χ1v) is 8.84. The van der Waals surface area contributed by atoms with Crippen molar-refractivity contribution in [2.45, 2.75) is 12.0 Å². The van der Waals surface area contributed by atoms with E-state index < -0.39 is 23.3 Å². The number of carboxylic acid groups (broad SMARTS) is 1. The molecule has 8 heteroatoms. The zero-order valence-corrected chi connectivity index (χ0v) is 15.5. The first-order valence-electron chi connectivity index (χ1n) is 8.84. The molecule has 1 unspecified atom stereocenters. The third kappa shape index (κ3) is 2.94. The number of hydrogen-bond acceptors (Lipinski definition) is 5. The fraction of sp³-hybridized carbons (Fsp3) is 0.143. The van der Waals surface area contributed by atoms with Gasteiger partial charge in [0.05, 0.1) is 12.8 Å². The number of aliphatic carboxylic acids is 1. The largest absolute Gasteiger partial charge is 0.497 e. The van der Waals surface area contributed by atoms with Crippen LogP contribution in [0.15, 0.2) is 65.8 Å². The van der Waals surface area contributed by atoms with Crippen molar-refractivity contribution in [3.8, 4) is 5.75 Å². The normalized spacial score (nSPS) is 20.0. The Hall–Kier alpha value is -3.94.